The average molecular weight is 260 g/mol. The lowest BCUT2D eigenvalue weighted by atomic mass is 9.90. The number of nitrogens with zero attached hydrogens (tertiary/aromatic N) is 1. The second-order valence-electron chi connectivity index (χ2n) is 5.95. The van der Waals surface area contributed by atoms with Gasteiger partial charge in [0.25, 0.3) is 0 Å². The Hall–Kier alpha value is -1.09. The molecule has 2 saturated carbocycles. The first-order chi connectivity index (χ1) is 9.42. The lowest BCUT2D eigenvalue weighted by Crippen LogP contribution is -2.18. The van der Waals surface area contributed by atoms with E-state index in [2.05, 4.69) is 16.4 Å². The topological polar surface area (TPSA) is 34.1 Å². The number of aromatic nitrogens is 1. The van der Waals surface area contributed by atoms with E-state index in [1.165, 1.54) is 50.5 Å². The number of hydrogen-bond donors (Lipinski definition) is 1. The zero-order valence-corrected chi connectivity index (χ0v) is 11.6. The fourth-order valence-corrected chi connectivity index (χ4v) is 2.79. The van der Waals surface area contributed by atoms with Crippen molar-refractivity contribution in [1.82, 2.24) is 10.3 Å². The quantitative estimate of drug-likeness (QED) is 0.852. The third-order valence-corrected chi connectivity index (χ3v) is 4.23. The van der Waals surface area contributed by atoms with Crippen LogP contribution in [0.15, 0.2) is 18.5 Å². The molecule has 0 radical (unpaired) electrons. The SMILES string of the molecule is c1cc(CNC2CC2)c(OCC2CCCCC2)cn1. The van der Waals surface area contributed by atoms with E-state index in [0.717, 1.165) is 30.9 Å². The lowest BCUT2D eigenvalue weighted by Gasteiger charge is -2.22. The minimum Gasteiger partial charge on any atom is -0.491 e. The molecule has 3 heteroatoms. The molecule has 0 bridgehead atoms. The van der Waals surface area contributed by atoms with Gasteiger partial charge in [0.15, 0.2) is 0 Å². The van der Waals surface area contributed by atoms with E-state index in [1.807, 2.05) is 12.4 Å². The Morgan fingerprint density at radius 2 is 2.00 bits per heavy atom. The molecule has 3 rings (SSSR count). The van der Waals surface area contributed by atoms with Gasteiger partial charge in [-0.2, -0.15) is 0 Å². The minimum atomic E-state index is 0.736. The molecule has 3 nitrogen and oxygen atoms in total. The molecule has 2 aliphatic rings. The van der Waals surface area contributed by atoms with Crippen molar-refractivity contribution in [3.8, 4) is 5.75 Å². The van der Waals surface area contributed by atoms with Crippen LogP contribution in [-0.2, 0) is 6.54 Å². The summed E-state index contributed by atoms with van der Waals surface area (Å²) >= 11 is 0. The number of nitrogens with one attached hydrogen (secondary N) is 1. The predicted octanol–water partition coefficient (Wildman–Crippen LogP) is 3.29. The van der Waals surface area contributed by atoms with Gasteiger partial charge < -0.3 is 10.1 Å². The Balaban J connectivity index is 1.52. The van der Waals surface area contributed by atoms with E-state index in [9.17, 15) is 0 Å². The molecular weight excluding hydrogens is 236 g/mol. The molecule has 1 aromatic rings. The maximum atomic E-state index is 6.03. The first-order valence-corrected chi connectivity index (χ1v) is 7.71. The van der Waals surface area contributed by atoms with Crippen LogP contribution in [0.1, 0.15) is 50.5 Å². The van der Waals surface area contributed by atoms with E-state index < -0.39 is 0 Å². The second-order valence-corrected chi connectivity index (χ2v) is 5.95. The summed E-state index contributed by atoms with van der Waals surface area (Å²) < 4.78 is 6.03. The summed E-state index contributed by atoms with van der Waals surface area (Å²) in [6, 6.07) is 2.81. The van der Waals surface area contributed by atoms with E-state index in [0.29, 0.717) is 0 Å². The number of pyridine rings is 1. The van der Waals surface area contributed by atoms with Crippen molar-refractivity contribution in [3.63, 3.8) is 0 Å². The van der Waals surface area contributed by atoms with Crippen LogP contribution in [0.4, 0.5) is 0 Å². The van der Waals surface area contributed by atoms with Crippen molar-refractivity contribution in [2.24, 2.45) is 5.92 Å². The van der Waals surface area contributed by atoms with Gasteiger partial charge in [0.2, 0.25) is 0 Å². The first kappa shape index (κ1) is 12.9. The molecule has 1 N–H and O–H groups in total. The van der Waals surface area contributed by atoms with E-state index in [4.69, 9.17) is 4.74 Å². The molecule has 0 amide bonds. The summed E-state index contributed by atoms with van der Waals surface area (Å²) in [4.78, 5) is 4.20. The zero-order chi connectivity index (χ0) is 12.9. The van der Waals surface area contributed by atoms with E-state index in [1.54, 1.807) is 0 Å². The number of hydrogen-bond acceptors (Lipinski definition) is 3. The van der Waals surface area contributed by atoms with Gasteiger partial charge in [0, 0.05) is 24.3 Å². The minimum absolute atomic E-state index is 0.736. The lowest BCUT2D eigenvalue weighted by molar-refractivity contribution is 0.206. The Morgan fingerprint density at radius 1 is 1.16 bits per heavy atom. The Labute approximate surface area is 115 Å². The van der Waals surface area contributed by atoms with Gasteiger partial charge in [-0.05, 0) is 37.7 Å². The highest BCUT2D eigenvalue weighted by Crippen LogP contribution is 2.26. The van der Waals surface area contributed by atoms with Crippen molar-refractivity contribution in [2.45, 2.75) is 57.5 Å². The Bertz CT molecular complexity index is 397. The molecule has 104 valence electrons. The van der Waals surface area contributed by atoms with Gasteiger partial charge in [-0.3, -0.25) is 4.98 Å². The Kier molecular flexibility index (Phi) is 4.34. The van der Waals surface area contributed by atoms with Gasteiger partial charge in [-0.1, -0.05) is 19.3 Å². The molecule has 2 aliphatic carbocycles. The number of ether oxygens (including phenoxy) is 1. The van der Waals surface area contributed by atoms with Gasteiger partial charge in [0.05, 0.1) is 12.8 Å². The average Bonchev–Trinajstić information content (AvgIpc) is 3.29. The van der Waals surface area contributed by atoms with Crippen LogP contribution in [0, 0.1) is 5.92 Å². The zero-order valence-electron chi connectivity index (χ0n) is 11.6. The van der Waals surface area contributed by atoms with E-state index >= 15 is 0 Å². The normalized spacial score (nSPS) is 20.4. The molecule has 2 fully saturated rings. The van der Waals surface area contributed by atoms with Crippen molar-refractivity contribution >= 4 is 0 Å². The van der Waals surface area contributed by atoms with Gasteiger partial charge in [0.1, 0.15) is 5.75 Å². The van der Waals surface area contributed by atoms with Gasteiger partial charge in [-0.25, -0.2) is 0 Å². The van der Waals surface area contributed by atoms with Gasteiger partial charge >= 0.3 is 0 Å². The van der Waals surface area contributed by atoms with Gasteiger partial charge in [-0.15, -0.1) is 0 Å². The summed E-state index contributed by atoms with van der Waals surface area (Å²) in [7, 11) is 0. The van der Waals surface area contributed by atoms with Crippen LogP contribution in [0.3, 0.4) is 0 Å². The molecule has 0 unspecified atom stereocenters. The van der Waals surface area contributed by atoms with Crippen LogP contribution in [0.2, 0.25) is 0 Å². The van der Waals surface area contributed by atoms with Crippen molar-refractivity contribution in [2.75, 3.05) is 6.61 Å². The summed E-state index contributed by atoms with van der Waals surface area (Å²) in [5.41, 5.74) is 1.25. The molecular formula is C16H24N2O. The highest BCUT2D eigenvalue weighted by Gasteiger charge is 2.21. The largest absolute Gasteiger partial charge is 0.491 e. The van der Waals surface area contributed by atoms with Crippen LogP contribution in [0.25, 0.3) is 0 Å². The summed E-state index contributed by atoms with van der Waals surface area (Å²) in [5, 5.41) is 3.54. The summed E-state index contributed by atoms with van der Waals surface area (Å²) in [6.07, 6.45) is 13.2. The molecule has 0 aromatic carbocycles. The van der Waals surface area contributed by atoms with Crippen molar-refractivity contribution in [1.29, 1.82) is 0 Å². The van der Waals surface area contributed by atoms with Crippen LogP contribution in [-0.4, -0.2) is 17.6 Å². The summed E-state index contributed by atoms with van der Waals surface area (Å²) in [6.45, 7) is 1.77. The van der Waals surface area contributed by atoms with Crippen LogP contribution in [0.5, 0.6) is 5.75 Å². The fourth-order valence-electron chi connectivity index (χ4n) is 2.79. The maximum Gasteiger partial charge on any atom is 0.142 e. The fraction of sp³-hybridized carbons (Fsp3) is 0.688. The Morgan fingerprint density at radius 3 is 2.79 bits per heavy atom. The standard InChI is InChI=1S/C16H24N2O/c1-2-4-13(5-3-1)12-19-16-11-17-9-8-14(16)10-18-15-6-7-15/h8-9,11,13,15,18H,1-7,10,12H2. The highest BCUT2D eigenvalue weighted by atomic mass is 16.5. The molecule has 1 heterocycles. The summed E-state index contributed by atoms with van der Waals surface area (Å²) in [5.74, 6) is 1.72. The second kappa shape index (κ2) is 6.38. The molecule has 1 aromatic heterocycles. The molecule has 0 saturated heterocycles. The molecule has 0 aliphatic heterocycles. The monoisotopic (exact) mass is 260 g/mol. The maximum absolute atomic E-state index is 6.03. The third kappa shape index (κ3) is 3.93. The van der Waals surface area contributed by atoms with E-state index in [-0.39, 0.29) is 0 Å². The third-order valence-electron chi connectivity index (χ3n) is 4.23. The van der Waals surface area contributed by atoms with Crippen molar-refractivity contribution < 1.29 is 4.74 Å². The van der Waals surface area contributed by atoms with Crippen LogP contribution >= 0.6 is 0 Å². The number of rotatable bonds is 6. The molecule has 0 spiro atoms. The van der Waals surface area contributed by atoms with Crippen LogP contribution < -0.4 is 10.1 Å². The highest BCUT2D eigenvalue weighted by molar-refractivity contribution is 5.29. The predicted molar refractivity (Wildman–Crippen MR) is 76.2 cm³/mol. The van der Waals surface area contributed by atoms with Crippen molar-refractivity contribution in [3.05, 3.63) is 24.0 Å². The molecule has 19 heavy (non-hydrogen) atoms. The smallest absolute Gasteiger partial charge is 0.142 e. The molecule has 0 atom stereocenters. The first-order valence-electron chi connectivity index (χ1n) is 7.71.